The maximum absolute atomic E-state index is 13.1. The molecule has 2 aromatic rings. The summed E-state index contributed by atoms with van der Waals surface area (Å²) in [6.45, 7) is 3.97. The lowest BCUT2D eigenvalue weighted by Crippen LogP contribution is -2.50. The molecule has 3 rings (SSSR count). The van der Waals surface area contributed by atoms with Gasteiger partial charge < -0.3 is 4.74 Å². The van der Waals surface area contributed by atoms with E-state index in [1.54, 1.807) is 63.4 Å². The molecule has 0 aliphatic carbocycles. The predicted octanol–water partition coefficient (Wildman–Crippen LogP) is 2.01. The molecule has 0 N–H and O–H groups in total. The van der Waals surface area contributed by atoms with Gasteiger partial charge in [-0.05, 0) is 49.2 Å². The normalized spacial score (nSPS) is 16.8. The van der Waals surface area contributed by atoms with Gasteiger partial charge in [-0.2, -0.15) is 8.61 Å². The van der Waals surface area contributed by atoms with Gasteiger partial charge in [-0.1, -0.05) is 18.2 Å². The second-order valence-electron chi connectivity index (χ2n) is 6.71. The van der Waals surface area contributed by atoms with Crippen LogP contribution in [0.1, 0.15) is 11.1 Å². The molecule has 9 heteroatoms. The zero-order valence-corrected chi connectivity index (χ0v) is 17.8. The number of aryl methyl sites for hydroxylation is 2. The van der Waals surface area contributed by atoms with E-state index in [0.29, 0.717) is 11.3 Å². The number of piperazine rings is 1. The van der Waals surface area contributed by atoms with Crippen molar-refractivity contribution >= 4 is 20.0 Å². The molecule has 1 aliphatic rings. The molecule has 7 nitrogen and oxygen atoms in total. The number of benzene rings is 2. The molecule has 0 amide bonds. The summed E-state index contributed by atoms with van der Waals surface area (Å²) in [5.74, 6) is 0.634. The topological polar surface area (TPSA) is 84.0 Å². The fourth-order valence-corrected chi connectivity index (χ4v) is 6.45. The van der Waals surface area contributed by atoms with Crippen LogP contribution in [0.4, 0.5) is 0 Å². The van der Waals surface area contributed by atoms with E-state index in [1.165, 1.54) is 8.61 Å². The Kier molecular flexibility index (Phi) is 5.81. The van der Waals surface area contributed by atoms with Crippen molar-refractivity contribution in [3.05, 3.63) is 53.6 Å². The van der Waals surface area contributed by atoms with Gasteiger partial charge in [0.05, 0.1) is 16.9 Å². The first kappa shape index (κ1) is 20.8. The summed E-state index contributed by atoms with van der Waals surface area (Å²) >= 11 is 0. The van der Waals surface area contributed by atoms with Crippen LogP contribution in [0.2, 0.25) is 0 Å². The van der Waals surface area contributed by atoms with Crippen molar-refractivity contribution in [3.8, 4) is 5.75 Å². The standard InChI is InChI=1S/C19H24N2O5S2/c1-15-14-19(16(2)13-18(15)26-3)28(24,25)21-11-9-20(10-12-21)27(22,23)17-7-5-4-6-8-17/h4-8,13-14H,9-12H2,1-3H3. The van der Waals surface area contributed by atoms with Gasteiger partial charge in [-0.3, -0.25) is 0 Å². The monoisotopic (exact) mass is 424 g/mol. The lowest BCUT2D eigenvalue weighted by atomic mass is 10.1. The van der Waals surface area contributed by atoms with Crippen molar-refractivity contribution in [1.29, 1.82) is 0 Å². The molecule has 152 valence electrons. The van der Waals surface area contributed by atoms with Crippen LogP contribution in [-0.2, 0) is 20.0 Å². The second kappa shape index (κ2) is 7.82. The summed E-state index contributed by atoms with van der Waals surface area (Å²) < 4.78 is 59.6. The van der Waals surface area contributed by atoms with E-state index >= 15 is 0 Å². The van der Waals surface area contributed by atoms with Crippen molar-refractivity contribution in [3.63, 3.8) is 0 Å². The SMILES string of the molecule is COc1cc(C)c(S(=O)(=O)N2CCN(S(=O)(=O)c3ccccc3)CC2)cc1C. The average molecular weight is 425 g/mol. The third kappa shape index (κ3) is 3.80. The Labute approximate surface area is 166 Å². The van der Waals surface area contributed by atoms with Gasteiger partial charge in [0, 0.05) is 26.2 Å². The average Bonchev–Trinajstić information content (AvgIpc) is 2.70. The minimum Gasteiger partial charge on any atom is -0.496 e. The summed E-state index contributed by atoms with van der Waals surface area (Å²) in [5, 5.41) is 0. The first-order valence-corrected chi connectivity index (χ1v) is 11.8. The number of rotatable bonds is 5. The number of hydrogen-bond donors (Lipinski definition) is 0. The van der Waals surface area contributed by atoms with Crippen LogP contribution in [0.15, 0.2) is 52.3 Å². The summed E-state index contributed by atoms with van der Waals surface area (Å²) in [6, 6.07) is 11.5. The van der Waals surface area contributed by atoms with E-state index < -0.39 is 20.0 Å². The first-order chi connectivity index (χ1) is 13.2. The van der Waals surface area contributed by atoms with Crippen molar-refractivity contribution in [2.24, 2.45) is 0 Å². The van der Waals surface area contributed by atoms with Crippen LogP contribution < -0.4 is 4.74 Å². The molecule has 0 atom stereocenters. The second-order valence-corrected chi connectivity index (χ2v) is 10.6. The van der Waals surface area contributed by atoms with Crippen molar-refractivity contribution in [1.82, 2.24) is 8.61 Å². The minimum absolute atomic E-state index is 0.110. The molecule has 0 unspecified atom stereocenters. The first-order valence-electron chi connectivity index (χ1n) is 8.88. The van der Waals surface area contributed by atoms with Crippen LogP contribution in [0.5, 0.6) is 5.75 Å². The van der Waals surface area contributed by atoms with E-state index in [9.17, 15) is 16.8 Å². The maximum Gasteiger partial charge on any atom is 0.243 e. The third-order valence-corrected chi connectivity index (χ3v) is 8.84. The Morgan fingerprint density at radius 3 is 1.86 bits per heavy atom. The molecule has 0 spiro atoms. The number of ether oxygens (including phenoxy) is 1. The van der Waals surface area contributed by atoms with Gasteiger partial charge in [0.15, 0.2) is 0 Å². The quantitative estimate of drug-likeness (QED) is 0.733. The summed E-state index contributed by atoms with van der Waals surface area (Å²) in [5.41, 5.74) is 1.33. The van der Waals surface area contributed by atoms with Gasteiger partial charge in [0.2, 0.25) is 20.0 Å². The van der Waals surface area contributed by atoms with Crippen LogP contribution in [-0.4, -0.2) is 58.7 Å². The molecule has 0 aromatic heterocycles. The molecule has 0 radical (unpaired) electrons. The fourth-order valence-electron chi connectivity index (χ4n) is 3.29. The Hall–Kier alpha value is -1.94. The Bertz CT molecular complexity index is 1060. The van der Waals surface area contributed by atoms with Crippen LogP contribution in [0, 0.1) is 13.8 Å². The number of hydrogen-bond acceptors (Lipinski definition) is 5. The summed E-state index contributed by atoms with van der Waals surface area (Å²) in [4.78, 5) is 0.443. The largest absolute Gasteiger partial charge is 0.496 e. The number of nitrogens with zero attached hydrogens (tertiary/aromatic N) is 2. The van der Waals surface area contributed by atoms with Gasteiger partial charge >= 0.3 is 0 Å². The molecule has 2 aromatic carbocycles. The Morgan fingerprint density at radius 2 is 1.32 bits per heavy atom. The van der Waals surface area contributed by atoms with Crippen LogP contribution in [0.3, 0.4) is 0 Å². The number of sulfonamides is 2. The molecule has 1 fully saturated rings. The van der Waals surface area contributed by atoms with Crippen molar-refractivity contribution < 1.29 is 21.6 Å². The molecule has 1 saturated heterocycles. The molecular weight excluding hydrogens is 400 g/mol. The predicted molar refractivity (Wildman–Crippen MR) is 106 cm³/mol. The van der Waals surface area contributed by atoms with E-state index in [4.69, 9.17) is 4.74 Å². The van der Waals surface area contributed by atoms with E-state index in [1.807, 2.05) is 0 Å². The maximum atomic E-state index is 13.1. The molecule has 0 saturated carbocycles. The minimum atomic E-state index is -3.72. The zero-order chi connectivity index (χ0) is 20.5. The molecular formula is C19H24N2O5S2. The lowest BCUT2D eigenvalue weighted by Gasteiger charge is -2.33. The fraction of sp³-hybridized carbons (Fsp3) is 0.368. The highest BCUT2D eigenvalue weighted by molar-refractivity contribution is 7.89. The van der Waals surface area contributed by atoms with Gasteiger partial charge in [0.25, 0.3) is 0 Å². The van der Waals surface area contributed by atoms with Gasteiger partial charge in [-0.25, -0.2) is 16.8 Å². The molecule has 1 aliphatic heterocycles. The van der Waals surface area contributed by atoms with Crippen molar-refractivity contribution in [2.45, 2.75) is 23.6 Å². The van der Waals surface area contributed by atoms with E-state index in [0.717, 1.165) is 5.56 Å². The lowest BCUT2D eigenvalue weighted by molar-refractivity contribution is 0.272. The summed E-state index contributed by atoms with van der Waals surface area (Å²) in [6.07, 6.45) is 0. The molecule has 28 heavy (non-hydrogen) atoms. The molecule has 1 heterocycles. The van der Waals surface area contributed by atoms with E-state index in [-0.39, 0.29) is 36.0 Å². The van der Waals surface area contributed by atoms with Gasteiger partial charge in [0.1, 0.15) is 5.75 Å². The smallest absolute Gasteiger partial charge is 0.243 e. The van der Waals surface area contributed by atoms with Crippen molar-refractivity contribution in [2.75, 3.05) is 33.3 Å². The number of methoxy groups -OCH3 is 1. The van der Waals surface area contributed by atoms with Crippen LogP contribution in [0.25, 0.3) is 0 Å². The highest BCUT2D eigenvalue weighted by atomic mass is 32.2. The van der Waals surface area contributed by atoms with E-state index in [2.05, 4.69) is 0 Å². The Morgan fingerprint density at radius 1 is 0.786 bits per heavy atom. The highest BCUT2D eigenvalue weighted by Gasteiger charge is 2.34. The highest BCUT2D eigenvalue weighted by Crippen LogP contribution is 2.28. The Balaban J connectivity index is 1.80. The molecule has 0 bridgehead atoms. The van der Waals surface area contributed by atoms with Crippen LogP contribution >= 0.6 is 0 Å². The summed E-state index contributed by atoms with van der Waals surface area (Å²) in [7, 11) is -5.80. The zero-order valence-electron chi connectivity index (χ0n) is 16.1. The van der Waals surface area contributed by atoms with Gasteiger partial charge in [-0.15, -0.1) is 0 Å². The third-order valence-electron chi connectivity index (χ3n) is 4.89.